The lowest BCUT2D eigenvalue weighted by atomic mass is 9.98. The van der Waals surface area contributed by atoms with Crippen LogP contribution in [0.2, 0.25) is 0 Å². The molecular weight excluding hydrogens is 150 g/mol. The predicted octanol–water partition coefficient (Wildman–Crippen LogP) is 2.11. The van der Waals surface area contributed by atoms with E-state index in [9.17, 15) is 4.79 Å². The summed E-state index contributed by atoms with van der Waals surface area (Å²) in [5.74, 6) is 0.612. The van der Waals surface area contributed by atoms with Gasteiger partial charge in [0.05, 0.1) is 0 Å². The number of rotatable bonds is 7. The number of hydrogen-bond acceptors (Lipinski definition) is 1. The van der Waals surface area contributed by atoms with Crippen molar-refractivity contribution in [3.63, 3.8) is 0 Å². The van der Waals surface area contributed by atoms with Gasteiger partial charge < -0.3 is 5.32 Å². The number of nitrogens with one attached hydrogen (secondary N) is 1. The maximum atomic E-state index is 9.88. The monoisotopic (exact) mass is 169 g/mol. The molecule has 0 aromatic heterocycles. The number of allylic oxidation sites excluding steroid dienone is 1. The van der Waals surface area contributed by atoms with Crippen LogP contribution in [0.25, 0.3) is 0 Å². The van der Waals surface area contributed by atoms with E-state index in [1.165, 1.54) is 12.0 Å². The summed E-state index contributed by atoms with van der Waals surface area (Å²) < 4.78 is 0. The van der Waals surface area contributed by atoms with Gasteiger partial charge in [0, 0.05) is 6.54 Å². The summed E-state index contributed by atoms with van der Waals surface area (Å²) in [5.41, 5.74) is 1.25. The molecule has 0 heterocycles. The van der Waals surface area contributed by atoms with Crippen LogP contribution in [0.5, 0.6) is 0 Å². The Kier molecular flexibility index (Phi) is 6.44. The van der Waals surface area contributed by atoms with E-state index in [2.05, 4.69) is 25.7 Å². The van der Waals surface area contributed by atoms with Crippen molar-refractivity contribution in [3.05, 3.63) is 12.2 Å². The lowest BCUT2D eigenvalue weighted by Gasteiger charge is -2.09. The van der Waals surface area contributed by atoms with Crippen molar-refractivity contribution in [1.29, 1.82) is 0 Å². The zero-order valence-electron chi connectivity index (χ0n) is 8.10. The molecule has 0 aromatic carbocycles. The third-order valence-corrected chi connectivity index (χ3v) is 2.13. The van der Waals surface area contributed by atoms with Gasteiger partial charge in [-0.2, -0.15) is 0 Å². The van der Waals surface area contributed by atoms with Gasteiger partial charge in [-0.25, -0.2) is 0 Å². The Hall–Kier alpha value is -0.790. The number of carbonyl (C=O) groups excluding carboxylic acids is 1. The molecule has 1 atom stereocenters. The van der Waals surface area contributed by atoms with Gasteiger partial charge in [0.25, 0.3) is 0 Å². The van der Waals surface area contributed by atoms with Gasteiger partial charge in [0.15, 0.2) is 0 Å². The second-order valence-corrected chi connectivity index (χ2v) is 3.32. The van der Waals surface area contributed by atoms with Crippen LogP contribution in [0.1, 0.15) is 33.1 Å². The number of amides is 1. The molecule has 2 nitrogen and oxygen atoms in total. The van der Waals surface area contributed by atoms with Crippen molar-refractivity contribution in [2.24, 2.45) is 5.92 Å². The van der Waals surface area contributed by atoms with Crippen LogP contribution in [0, 0.1) is 5.92 Å². The number of carbonyl (C=O) groups is 1. The van der Waals surface area contributed by atoms with Crippen molar-refractivity contribution >= 4 is 6.41 Å². The highest BCUT2D eigenvalue weighted by atomic mass is 16.1. The molecular formula is C10H19NO. The Morgan fingerprint density at radius 1 is 1.58 bits per heavy atom. The molecule has 0 bridgehead atoms. The highest BCUT2D eigenvalue weighted by Gasteiger charge is 2.00. The third-order valence-electron chi connectivity index (χ3n) is 2.13. The quantitative estimate of drug-likeness (QED) is 0.353. The number of unbranched alkanes of at least 4 members (excludes halogenated alkanes) is 1. The third kappa shape index (κ3) is 5.96. The van der Waals surface area contributed by atoms with Gasteiger partial charge in [-0.3, -0.25) is 4.79 Å². The van der Waals surface area contributed by atoms with Gasteiger partial charge in [0.2, 0.25) is 6.41 Å². The van der Waals surface area contributed by atoms with E-state index in [4.69, 9.17) is 0 Å². The molecule has 2 heteroatoms. The Labute approximate surface area is 75.0 Å². The van der Waals surface area contributed by atoms with Gasteiger partial charge in [-0.05, 0) is 25.7 Å². The molecule has 0 aliphatic heterocycles. The molecule has 1 N–H and O–H groups in total. The predicted molar refractivity (Wildman–Crippen MR) is 51.9 cm³/mol. The average Bonchev–Trinajstić information content (AvgIpc) is 2.03. The largest absolute Gasteiger partial charge is 0.359 e. The maximum Gasteiger partial charge on any atom is 0.207 e. The molecule has 12 heavy (non-hydrogen) atoms. The van der Waals surface area contributed by atoms with Crippen molar-refractivity contribution in [2.45, 2.75) is 33.1 Å². The van der Waals surface area contributed by atoms with Gasteiger partial charge in [-0.1, -0.05) is 25.5 Å². The topological polar surface area (TPSA) is 29.1 Å². The summed E-state index contributed by atoms with van der Waals surface area (Å²) in [4.78, 5) is 9.88. The van der Waals surface area contributed by atoms with Crippen LogP contribution in [0.15, 0.2) is 12.2 Å². The van der Waals surface area contributed by atoms with Crippen LogP contribution in [-0.4, -0.2) is 13.0 Å². The van der Waals surface area contributed by atoms with Crippen LogP contribution >= 0.6 is 0 Å². The molecule has 0 fully saturated rings. The molecule has 0 aliphatic rings. The summed E-state index contributed by atoms with van der Waals surface area (Å²) in [6, 6.07) is 0. The minimum atomic E-state index is 0.612. The zero-order valence-corrected chi connectivity index (χ0v) is 8.10. The SMILES string of the molecule is C=C(C)[C@@H](C)CCCCNC=O. The fourth-order valence-electron chi connectivity index (χ4n) is 0.983. The average molecular weight is 169 g/mol. The summed E-state index contributed by atoms with van der Waals surface area (Å²) >= 11 is 0. The van der Waals surface area contributed by atoms with Crippen molar-refractivity contribution in [1.82, 2.24) is 5.32 Å². The van der Waals surface area contributed by atoms with Crippen LogP contribution < -0.4 is 5.32 Å². The molecule has 70 valence electrons. The first-order valence-electron chi connectivity index (χ1n) is 4.51. The van der Waals surface area contributed by atoms with E-state index in [1.54, 1.807) is 0 Å². The zero-order chi connectivity index (χ0) is 9.40. The Bertz CT molecular complexity index is 143. The second-order valence-electron chi connectivity index (χ2n) is 3.32. The fourth-order valence-corrected chi connectivity index (χ4v) is 0.983. The van der Waals surface area contributed by atoms with E-state index in [-0.39, 0.29) is 0 Å². The Morgan fingerprint density at radius 3 is 2.75 bits per heavy atom. The van der Waals surface area contributed by atoms with Crippen molar-refractivity contribution in [3.8, 4) is 0 Å². The first kappa shape index (κ1) is 11.2. The molecule has 0 spiro atoms. The summed E-state index contributed by atoms with van der Waals surface area (Å²) in [6.45, 7) is 8.95. The molecule has 0 saturated heterocycles. The summed E-state index contributed by atoms with van der Waals surface area (Å²) in [5, 5.41) is 2.65. The summed E-state index contributed by atoms with van der Waals surface area (Å²) in [6.07, 6.45) is 4.16. The van der Waals surface area contributed by atoms with E-state index >= 15 is 0 Å². The van der Waals surface area contributed by atoms with Gasteiger partial charge >= 0.3 is 0 Å². The minimum Gasteiger partial charge on any atom is -0.359 e. The van der Waals surface area contributed by atoms with E-state index < -0.39 is 0 Å². The molecule has 0 aliphatic carbocycles. The van der Waals surface area contributed by atoms with Crippen molar-refractivity contribution in [2.75, 3.05) is 6.54 Å². The van der Waals surface area contributed by atoms with Gasteiger partial charge in [0.1, 0.15) is 0 Å². The molecule has 0 saturated carbocycles. The smallest absolute Gasteiger partial charge is 0.207 e. The Balaban J connectivity index is 3.19. The first-order valence-corrected chi connectivity index (χ1v) is 4.51. The summed E-state index contributed by atoms with van der Waals surface area (Å²) in [7, 11) is 0. The second kappa shape index (κ2) is 6.89. The first-order chi connectivity index (χ1) is 5.68. The lowest BCUT2D eigenvalue weighted by Crippen LogP contribution is -2.12. The molecule has 0 aromatic rings. The molecule has 0 unspecified atom stereocenters. The maximum absolute atomic E-state index is 9.88. The highest BCUT2D eigenvalue weighted by Crippen LogP contribution is 2.14. The van der Waals surface area contributed by atoms with E-state index in [0.29, 0.717) is 5.92 Å². The Morgan fingerprint density at radius 2 is 2.25 bits per heavy atom. The van der Waals surface area contributed by atoms with Crippen LogP contribution in [0.3, 0.4) is 0 Å². The minimum absolute atomic E-state index is 0.612. The normalized spacial score (nSPS) is 12.2. The van der Waals surface area contributed by atoms with Crippen molar-refractivity contribution < 1.29 is 4.79 Å². The van der Waals surface area contributed by atoms with Gasteiger partial charge in [-0.15, -0.1) is 0 Å². The van der Waals surface area contributed by atoms with E-state index in [1.807, 2.05) is 0 Å². The van der Waals surface area contributed by atoms with Crippen LogP contribution in [0.4, 0.5) is 0 Å². The lowest BCUT2D eigenvalue weighted by molar-refractivity contribution is -0.109. The van der Waals surface area contributed by atoms with Crippen LogP contribution in [-0.2, 0) is 4.79 Å². The number of hydrogen-bond donors (Lipinski definition) is 1. The molecule has 1 amide bonds. The van der Waals surface area contributed by atoms with E-state index in [0.717, 1.165) is 25.8 Å². The molecule has 0 radical (unpaired) electrons. The standard InChI is InChI=1S/C10H19NO/c1-9(2)10(3)6-4-5-7-11-8-12/h8,10H,1,4-7H2,2-3H3,(H,11,12)/t10-/m0/s1. The molecule has 0 rings (SSSR count). The fraction of sp³-hybridized carbons (Fsp3) is 0.700. The highest BCUT2D eigenvalue weighted by molar-refractivity contribution is 5.45.